The minimum atomic E-state index is -0.114. The van der Waals surface area contributed by atoms with E-state index in [1.54, 1.807) is 18.2 Å². The number of carbonyl (C=O) groups is 2. The second-order valence-electron chi connectivity index (χ2n) is 9.67. The maximum Gasteiger partial charge on any atom is 0.140 e. The van der Waals surface area contributed by atoms with Crippen LogP contribution < -0.4 is 0 Å². The molecule has 1 aromatic carbocycles. The molecule has 0 atom stereocenters. The molecule has 2 aliphatic carbocycles. The summed E-state index contributed by atoms with van der Waals surface area (Å²) in [6, 6.07) is 6.90. The van der Waals surface area contributed by atoms with Crippen LogP contribution in [0.1, 0.15) is 84.1 Å². The van der Waals surface area contributed by atoms with Crippen molar-refractivity contribution in [3.8, 4) is 5.75 Å². The number of rotatable bonds is 10. The summed E-state index contributed by atoms with van der Waals surface area (Å²) in [5.41, 5.74) is 0.650. The van der Waals surface area contributed by atoms with E-state index in [2.05, 4.69) is 44.2 Å². The highest BCUT2D eigenvalue weighted by molar-refractivity contribution is 5.97. The van der Waals surface area contributed by atoms with Gasteiger partial charge in [0.2, 0.25) is 0 Å². The lowest BCUT2D eigenvalue weighted by Gasteiger charge is -2.26. The number of hydrogen-bond acceptors (Lipinski definition) is 4. The van der Waals surface area contributed by atoms with Gasteiger partial charge in [0.05, 0.1) is 6.42 Å². The second-order valence-corrected chi connectivity index (χ2v) is 9.67. The number of benzene rings is 1. The molecule has 3 rings (SSSR count). The zero-order valence-electron chi connectivity index (χ0n) is 20.5. The molecular weight excluding hydrogens is 412 g/mol. The molecule has 4 nitrogen and oxygen atoms in total. The van der Waals surface area contributed by atoms with E-state index in [9.17, 15) is 14.7 Å². The number of Topliss-reactive ketones (excluding diaryl/α,β-unsaturated/α-hetero) is 2. The lowest BCUT2D eigenvalue weighted by atomic mass is 10.0. The summed E-state index contributed by atoms with van der Waals surface area (Å²) in [6.45, 7) is 5.75. The Morgan fingerprint density at radius 2 is 1.88 bits per heavy atom. The Morgan fingerprint density at radius 3 is 2.52 bits per heavy atom. The fourth-order valence-electron chi connectivity index (χ4n) is 4.08. The van der Waals surface area contributed by atoms with Crippen molar-refractivity contribution in [2.24, 2.45) is 5.92 Å². The first-order valence-corrected chi connectivity index (χ1v) is 12.3. The van der Waals surface area contributed by atoms with Crippen molar-refractivity contribution in [2.75, 3.05) is 0 Å². The summed E-state index contributed by atoms with van der Waals surface area (Å²) in [6.07, 6.45) is 20.8. The molecule has 0 unspecified atom stereocenters. The Balaban J connectivity index is 0.000000238. The largest absolute Gasteiger partial charge is 0.508 e. The van der Waals surface area contributed by atoms with Gasteiger partial charge in [-0.2, -0.15) is 0 Å². The van der Waals surface area contributed by atoms with Crippen LogP contribution in [0.3, 0.4) is 0 Å². The van der Waals surface area contributed by atoms with E-state index in [0.717, 1.165) is 36.5 Å². The third-order valence-corrected chi connectivity index (χ3v) is 5.88. The number of phenols is 1. The fraction of sp³-hybridized carbons (Fsp3) is 0.517. The minimum Gasteiger partial charge on any atom is -0.508 e. The van der Waals surface area contributed by atoms with Crippen LogP contribution in [-0.4, -0.2) is 22.3 Å². The molecule has 1 aromatic rings. The smallest absolute Gasteiger partial charge is 0.140 e. The van der Waals surface area contributed by atoms with Crippen LogP contribution in [0, 0.1) is 5.92 Å². The topological polar surface area (TPSA) is 63.6 Å². The first-order chi connectivity index (χ1) is 15.7. The number of ether oxygens (including phenoxy) is 1. The minimum absolute atomic E-state index is 0.00635. The highest BCUT2D eigenvalue weighted by Gasteiger charge is 2.19. The third-order valence-electron chi connectivity index (χ3n) is 5.88. The average Bonchev–Trinajstić information content (AvgIpc) is 3.27. The van der Waals surface area contributed by atoms with Gasteiger partial charge in [-0.3, -0.25) is 9.59 Å². The van der Waals surface area contributed by atoms with E-state index in [1.807, 2.05) is 6.07 Å². The number of ketones is 2. The number of para-hydroxylation sites is 1. The van der Waals surface area contributed by atoms with Gasteiger partial charge in [-0.25, -0.2) is 0 Å². The van der Waals surface area contributed by atoms with Gasteiger partial charge in [-0.1, -0.05) is 49.3 Å². The zero-order valence-corrected chi connectivity index (χ0v) is 20.5. The SMILES string of the molecule is CC(=O)CC(=O)CCc1ccccc1O.CC(C)(C/C=C/C1CCCC1)OC1=CCCC=C1. The van der Waals surface area contributed by atoms with Gasteiger partial charge in [0.15, 0.2) is 0 Å². The number of carbonyl (C=O) groups excluding carboxylic acids is 2. The number of allylic oxidation sites excluding steroid dienone is 4. The van der Waals surface area contributed by atoms with Crippen LogP contribution in [0.4, 0.5) is 0 Å². The Kier molecular flexibility index (Phi) is 11.2. The summed E-state index contributed by atoms with van der Waals surface area (Å²) in [5.74, 6) is 1.88. The summed E-state index contributed by atoms with van der Waals surface area (Å²) >= 11 is 0. The molecule has 2 aliphatic rings. The maximum atomic E-state index is 11.2. The lowest BCUT2D eigenvalue weighted by Crippen LogP contribution is -2.23. The first-order valence-electron chi connectivity index (χ1n) is 12.3. The van der Waals surface area contributed by atoms with Crippen molar-refractivity contribution in [3.63, 3.8) is 0 Å². The van der Waals surface area contributed by atoms with Crippen LogP contribution in [0.25, 0.3) is 0 Å². The van der Waals surface area contributed by atoms with Crippen LogP contribution >= 0.6 is 0 Å². The number of phenolic OH excluding ortho intramolecular Hbond substituents is 1. The Labute approximate surface area is 199 Å². The van der Waals surface area contributed by atoms with E-state index in [1.165, 1.54) is 32.6 Å². The predicted octanol–water partition coefficient (Wildman–Crippen LogP) is 7.03. The van der Waals surface area contributed by atoms with Gasteiger partial charge in [0, 0.05) is 12.8 Å². The van der Waals surface area contributed by atoms with E-state index in [4.69, 9.17) is 4.74 Å². The molecule has 180 valence electrons. The summed E-state index contributed by atoms with van der Waals surface area (Å²) in [5, 5.41) is 9.43. The summed E-state index contributed by atoms with van der Waals surface area (Å²) in [7, 11) is 0. The first kappa shape index (κ1) is 26.6. The van der Waals surface area contributed by atoms with Crippen LogP contribution in [0.2, 0.25) is 0 Å². The van der Waals surface area contributed by atoms with E-state index >= 15 is 0 Å². The molecule has 0 aliphatic heterocycles. The average molecular weight is 453 g/mol. The lowest BCUT2D eigenvalue weighted by molar-refractivity contribution is -0.125. The van der Waals surface area contributed by atoms with Gasteiger partial charge in [-0.05, 0) is 82.6 Å². The molecule has 4 heteroatoms. The van der Waals surface area contributed by atoms with Crippen molar-refractivity contribution in [1.29, 1.82) is 0 Å². The van der Waals surface area contributed by atoms with Crippen molar-refractivity contribution < 1.29 is 19.4 Å². The van der Waals surface area contributed by atoms with E-state index in [-0.39, 0.29) is 29.3 Å². The van der Waals surface area contributed by atoms with Crippen LogP contribution in [0.5, 0.6) is 5.75 Å². The van der Waals surface area contributed by atoms with Crippen LogP contribution in [0.15, 0.2) is 60.4 Å². The van der Waals surface area contributed by atoms with Crippen molar-refractivity contribution in [2.45, 2.75) is 90.6 Å². The molecule has 0 saturated heterocycles. The quantitative estimate of drug-likeness (QED) is 0.306. The Bertz CT molecular complexity index is 854. The second kappa shape index (κ2) is 13.8. The van der Waals surface area contributed by atoms with Gasteiger partial charge in [-0.15, -0.1) is 0 Å². The fourth-order valence-corrected chi connectivity index (χ4v) is 4.08. The zero-order chi connectivity index (χ0) is 24.1. The molecule has 0 bridgehead atoms. The summed E-state index contributed by atoms with van der Waals surface area (Å²) in [4.78, 5) is 21.9. The van der Waals surface area contributed by atoms with Gasteiger partial charge < -0.3 is 9.84 Å². The third kappa shape index (κ3) is 11.2. The molecule has 1 N–H and O–H groups in total. The maximum absolute atomic E-state index is 11.2. The molecule has 1 fully saturated rings. The Morgan fingerprint density at radius 1 is 1.15 bits per heavy atom. The molecule has 0 aromatic heterocycles. The van der Waals surface area contributed by atoms with Gasteiger partial charge in [0.25, 0.3) is 0 Å². The van der Waals surface area contributed by atoms with Crippen molar-refractivity contribution in [3.05, 3.63) is 66.0 Å². The van der Waals surface area contributed by atoms with Gasteiger partial charge in [0.1, 0.15) is 28.7 Å². The van der Waals surface area contributed by atoms with E-state index in [0.29, 0.717) is 12.8 Å². The predicted molar refractivity (Wildman–Crippen MR) is 134 cm³/mol. The molecule has 0 spiro atoms. The number of aromatic hydroxyl groups is 1. The van der Waals surface area contributed by atoms with Crippen molar-refractivity contribution >= 4 is 11.6 Å². The highest BCUT2D eigenvalue weighted by Crippen LogP contribution is 2.27. The monoisotopic (exact) mass is 452 g/mol. The summed E-state index contributed by atoms with van der Waals surface area (Å²) < 4.78 is 6.07. The molecule has 0 radical (unpaired) electrons. The standard InChI is InChI=1S/C17H26O.C12H14O3/c1-17(2,18-16-12-4-3-5-13-16)14-8-11-15-9-6-7-10-15;1-9(13)8-11(14)7-6-10-4-2-3-5-12(10)15/h4,8,11-13,15H,3,5-7,9-10,14H2,1-2H3;2-5,15H,6-8H2,1H3/b11-8+;. The molecular formula is C29H40O4. The number of aryl methyl sites for hydroxylation is 1. The molecule has 0 amide bonds. The molecule has 1 saturated carbocycles. The van der Waals surface area contributed by atoms with E-state index < -0.39 is 0 Å². The Hall–Kier alpha value is -2.62. The molecule has 33 heavy (non-hydrogen) atoms. The van der Waals surface area contributed by atoms with Crippen molar-refractivity contribution in [1.82, 2.24) is 0 Å². The molecule has 0 heterocycles. The highest BCUT2D eigenvalue weighted by atomic mass is 16.5. The van der Waals surface area contributed by atoms with Gasteiger partial charge >= 0.3 is 0 Å². The number of hydrogen-bond donors (Lipinski definition) is 1. The van der Waals surface area contributed by atoms with Crippen LogP contribution in [-0.2, 0) is 20.7 Å². The normalized spacial score (nSPS) is 16.3.